The maximum Gasteiger partial charge on any atom is 0.0802 e. The summed E-state index contributed by atoms with van der Waals surface area (Å²) in [6.45, 7) is 0. The number of rotatable bonds is 2. The lowest BCUT2D eigenvalue weighted by Gasteiger charge is -1.99. The van der Waals surface area contributed by atoms with Gasteiger partial charge in [0.25, 0.3) is 0 Å². The Morgan fingerprint density at radius 3 is 2.00 bits per heavy atom. The molecule has 0 fully saturated rings. The van der Waals surface area contributed by atoms with Crippen LogP contribution in [0.15, 0.2) is 42.6 Å². The molecule has 3 rings (SSSR count). The van der Waals surface area contributed by atoms with Gasteiger partial charge in [0, 0.05) is 16.6 Å². The van der Waals surface area contributed by atoms with Crippen LogP contribution in [0.1, 0.15) is 9.75 Å². The van der Waals surface area contributed by atoms with E-state index in [4.69, 9.17) is 12.8 Å². The lowest BCUT2D eigenvalue weighted by molar-refractivity contribution is 1.34. The van der Waals surface area contributed by atoms with Gasteiger partial charge in [-0.15, -0.1) is 35.5 Å². The van der Waals surface area contributed by atoms with Crippen molar-refractivity contribution < 1.29 is 0 Å². The summed E-state index contributed by atoms with van der Waals surface area (Å²) in [6.07, 6.45) is 12.6. The van der Waals surface area contributed by atoms with E-state index in [-0.39, 0.29) is 0 Å². The molecule has 0 aromatic carbocycles. The summed E-state index contributed by atoms with van der Waals surface area (Å²) >= 11 is 3.17. The minimum absolute atomic E-state index is 0.919. The van der Waals surface area contributed by atoms with Crippen molar-refractivity contribution in [2.45, 2.75) is 0 Å². The zero-order valence-electron chi connectivity index (χ0n) is 10.5. The fraction of sp³-hybridized carbons (Fsp3) is 0. The smallest absolute Gasteiger partial charge is 0.0802 e. The number of hydrogen-bond acceptors (Lipinski definition) is 3. The number of pyridine rings is 1. The topological polar surface area (TPSA) is 12.9 Å². The van der Waals surface area contributed by atoms with E-state index < -0.39 is 0 Å². The van der Waals surface area contributed by atoms with Crippen molar-refractivity contribution >= 4 is 22.7 Å². The van der Waals surface area contributed by atoms with Crippen molar-refractivity contribution in [3.8, 4) is 45.7 Å². The van der Waals surface area contributed by atoms with Crippen LogP contribution >= 0.6 is 22.7 Å². The zero-order valence-corrected chi connectivity index (χ0v) is 12.1. The van der Waals surface area contributed by atoms with Gasteiger partial charge in [0.1, 0.15) is 0 Å². The average molecular weight is 291 g/mol. The first-order chi connectivity index (χ1) is 9.80. The Morgan fingerprint density at radius 2 is 1.45 bits per heavy atom. The second-order valence-electron chi connectivity index (χ2n) is 4.05. The molecular formula is C17H9NS2. The summed E-state index contributed by atoms with van der Waals surface area (Å²) in [5.41, 5.74) is 2.02. The minimum atomic E-state index is 0.919. The molecule has 0 aliphatic heterocycles. The minimum Gasteiger partial charge on any atom is -0.255 e. The molecule has 3 aromatic rings. The predicted molar refractivity (Wildman–Crippen MR) is 86.7 cm³/mol. The van der Waals surface area contributed by atoms with E-state index in [1.807, 2.05) is 36.5 Å². The monoisotopic (exact) mass is 291 g/mol. The first-order valence-electron chi connectivity index (χ1n) is 5.90. The van der Waals surface area contributed by atoms with Crippen LogP contribution in [0, 0.1) is 24.7 Å². The highest BCUT2D eigenvalue weighted by Gasteiger charge is 2.05. The number of terminal acetylenes is 2. The summed E-state index contributed by atoms with van der Waals surface area (Å²) < 4.78 is 0. The van der Waals surface area contributed by atoms with Crippen molar-refractivity contribution in [1.82, 2.24) is 4.98 Å². The fourth-order valence-electron chi connectivity index (χ4n) is 1.81. The van der Waals surface area contributed by atoms with E-state index in [9.17, 15) is 0 Å². The normalized spacial score (nSPS) is 9.90. The number of nitrogens with zero attached hydrogens (tertiary/aromatic N) is 1. The van der Waals surface area contributed by atoms with Gasteiger partial charge in [0.2, 0.25) is 0 Å². The van der Waals surface area contributed by atoms with Gasteiger partial charge >= 0.3 is 0 Å². The molecule has 3 heterocycles. The van der Waals surface area contributed by atoms with Gasteiger partial charge in [-0.3, -0.25) is 4.98 Å². The van der Waals surface area contributed by atoms with Crippen molar-refractivity contribution in [1.29, 1.82) is 0 Å². The molecule has 1 nitrogen and oxygen atoms in total. The standard InChI is InChI=1S/C17H9NS2/c1-3-13-6-9-16(19-13)12-5-8-15(18-11-12)17-10-7-14(4-2)20-17/h1-2,5-11H. The highest BCUT2D eigenvalue weighted by atomic mass is 32.1. The molecule has 0 saturated carbocycles. The summed E-state index contributed by atoms with van der Waals surface area (Å²) in [5.74, 6) is 5.28. The van der Waals surface area contributed by atoms with E-state index in [0.717, 1.165) is 30.8 Å². The maximum absolute atomic E-state index is 5.39. The molecule has 0 amide bonds. The van der Waals surface area contributed by atoms with Crippen LogP contribution in [0.3, 0.4) is 0 Å². The van der Waals surface area contributed by atoms with Crippen molar-refractivity contribution in [3.05, 3.63) is 52.3 Å². The lowest BCUT2D eigenvalue weighted by atomic mass is 10.2. The van der Waals surface area contributed by atoms with Crippen molar-refractivity contribution in [3.63, 3.8) is 0 Å². The molecule has 0 N–H and O–H groups in total. The Hall–Kier alpha value is -2.33. The van der Waals surface area contributed by atoms with Crippen molar-refractivity contribution in [2.24, 2.45) is 0 Å². The molecule has 0 aliphatic rings. The van der Waals surface area contributed by atoms with E-state index in [1.165, 1.54) is 0 Å². The molecule has 94 valence electrons. The summed E-state index contributed by atoms with van der Waals surface area (Å²) in [5, 5.41) is 0. The number of aromatic nitrogens is 1. The Bertz CT molecular complexity index is 752. The first-order valence-corrected chi connectivity index (χ1v) is 7.53. The molecular weight excluding hydrogens is 282 g/mol. The molecule has 20 heavy (non-hydrogen) atoms. The van der Waals surface area contributed by atoms with Gasteiger partial charge in [-0.2, -0.15) is 0 Å². The Kier molecular flexibility index (Phi) is 3.39. The third-order valence-corrected chi connectivity index (χ3v) is 4.90. The Labute approximate surface area is 126 Å². The van der Waals surface area contributed by atoms with Crippen LogP contribution in [0.2, 0.25) is 0 Å². The molecule has 0 aliphatic carbocycles. The van der Waals surface area contributed by atoms with Crippen LogP contribution in [0.25, 0.3) is 21.0 Å². The van der Waals surface area contributed by atoms with Gasteiger partial charge in [-0.25, -0.2) is 0 Å². The number of thiophene rings is 2. The second-order valence-corrected chi connectivity index (χ2v) is 6.22. The molecule has 0 bridgehead atoms. The van der Waals surface area contributed by atoms with E-state index in [2.05, 4.69) is 22.9 Å². The Balaban J connectivity index is 1.91. The van der Waals surface area contributed by atoms with Crippen LogP contribution in [0.4, 0.5) is 0 Å². The van der Waals surface area contributed by atoms with E-state index >= 15 is 0 Å². The van der Waals surface area contributed by atoms with Gasteiger partial charge in [0.05, 0.1) is 20.3 Å². The van der Waals surface area contributed by atoms with Crippen molar-refractivity contribution in [2.75, 3.05) is 0 Å². The molecule has 3 aromatic heterocycles. The van der Waals surface area contributed by atoms with Crippen LogP contribution in [-0.4, -0.2) is 4.98 Å². The van der Waals surface area contributed by atoms with Gasteiger partial charge in [0.15, 0.2) is 0 Å². The third kappa shape index (κ3) is 2.38. The van der Waals surface area contributed by atoms with Crippen LogP contribution in [0.5, 0.6) is 0 Å². The third-order valence-electron chi connectivity index (χ3n) is 2.80. The summed E-state index contributed by atoms with van der Waals surface area (Å²) in [4.78, 5) is 8.57. The summed E-state index contributed by atoms with van der Waals surface area (Å²) in [7, 11) is 0. The highest BCUT2D eigenvalue weighted by molar-refractivity contribution is 7.16. The summed E-state index contributed by atoms with van der Waals surface area (Å²) in [6, 6.07) is 12.0. The predicted octanol–water partition coefficient (Wildman–Crippen LogP) is 4.50. The molecule has 0 unspecified atom stereocenters. The zero-order chi connectivity index (χ0) is 13.9. The largest absolute Gasteiger partial charge is 0.255 e. The van der Waals surface area contributed by atoms with Gasteiger partial charge < -0.3 is 0 Å². The molecule has 0 atom stereocenters. The highest BCUT2D eigenvalue weighted by Crippen LogP contribution is 2.30. The second kappa shape index (κ2) is 5.35. The molecule has 0 spiro atoms. The molecule has 0 saturated heterocycles. The SMILES string of the molecule is C#Cc1ccc(-c2ccc(-c3ccc(C#C)s3)nc2)s1. The first kappa shape index (κ1) is 12.7. The number of hydrogen-bond donors (Lipinski definition) is 0. The lowest BCUT2D eigenvalue weighted by Crippen LogP contribution is -1.80. The van der Waals surface area contributed by atoms with Crippen LogP contribution < -0.4 is 0 Å². The quantitative estimate of drug-likeness (QED) is 0.633. The Morgan fingerprint density at radius 1 is 0.800 bits per heavy atom. The van der Waals surface area contributed by atoms with Crippen LogP contribution in [-0.2, 0) is 0 Å². The van der Waals surface area contributed by atoms with Gasteiger partial charge in [-0.05, 0) is 36.4 Å². The van der Waals surface area contributed by atoms with E-state index in [0.29, 0.717) is 0 Å². The fourth-order valence-corrected chi connectivity index (χ4v) is 3.41. The van der Waals surface area contributed by atoms with E-state index in [1.54, 1.807) is 22.7 Å². The van der Waals surface area contributed by atoms with Gasteiger partial charge in [-0.1, -0.05) is 11.8 Å². The maximum atomic E-state index is 5.39. The molecule has 0 radical (unpaired) electrons. The average Bonchev–Trinajstić information content (AvgIpc) is 3.16. The molecule has 3 heteroatoms.